The number of methoxy groups -OCH3 is 2. The van der Waals surface area contributed by atoms with E-state index in [2.05, 4.69) is 11.9 Å². The van der Waals surface area contributed by atoms with Crippen LogP contribution in [-0.4, -0.2) is 39.0 Å². The number of hydrogen-bond donors (Lipinski definition) is 2. The fraction of sp³-hybridized carbons (Fsp3) is 0.667. The molecule has 5 heteroatoms. The molecule has 0 aromatic carbocycles. The summed E-state index contributed by atoms with van der Waals surface area (Å²) in [6.45, 7) is 3.79. The lowest BCUT2D eigenvalue weighted by Crippen LogP contribution is -2.43. The van der Waals surface area contributed by atoms with Crippen LogP contribution in [0.15, 0.2) is 12.7 Å². The normalized spacial score (nSPS) is 12.6. The molecule has 1 amide bonds. The Hall–Kier alpha value is -0.910. The van der Waals surface area contributed by atoms with Crippen molar-refractivity contribution in [3.8, 4) is 0 Å². The van der Waals surface area contributed by atoms with Gasteiger partial charge in [-0.3, -0.25) is 4.79 Å². The molecule has 1 atom stereocenters. The molecule has 0 aromatic rings. The highest BCUT2D eigenvalue weighted by molar-refractivity contribution is 5.81. The van der Waals surface area contributed by atoms with E-state index in [4.69, 9.17) is 15.2 Å². The van der Waals surface area contributed by atoms with Crippen molar-refractivity contribution >= 4 is 5.91 Å². The summed E-state index contributed by atoms with van der Waals surface area (Å²) >= 11 is 0. The highest BCUT2D eigenvalue weighted by Crippen LogP contribution is 1.91. The number of amides is 1. The van der Waals surface area contributed by atoms with E-state index in [1.165, 1.54) is 14.2 Å². The largest absolute Gasteiger partial charge is 0.354 e. The molecule has 0 bridgehead atoms. The third-order valence-electron chi connectivity index (χ3n) is 1.73. The topological polar surface area (TPSA) is 73.6 Å². The maximum atomic E-state index is 11.3. The molecule has 0 spiro atoms. The lowest BCUT2D eigenvalue weighted by Gasteiger charge is -2.15. The number of carbonyl (C=O) groups is 1. The van der Waals surface area contributed by atoms with Crippen LogP contribution >= 0.6 is 0 Å². The Morgan fingerprint density at radius 2 is 2.14 bits per heavy atom. The van der Waals surface area contributed by atoms with Crippen LogP contribution in [0.1, 0.15) is 6.42 Å². The van der Waals surface area contributed by atoms with Crippen molar-refractivity contribution in [1.29, 1.82) is 0 Å². The van der Waals surface area contributed by atoms with E-state index in [1.807, 2.05) is 0 Å². The third-order valence-corrected chi connectivity index (χ3v) is 1.73. The Morgan fingerprint density at radius 3 is 2.57 bits per heavy atom. The molecular formula is C9H18N2O3. The first-order valence-electron chi connectivity index (χ1n) is 4.35. The quantitative estimate of drug-likeness (QED) is 0.436. The molecule has 0 saturated heterocycles. The second-order valence-corrected chi connectivity index (χ2v) is 2.78. The van der Waals surface area contributed by atoms with E-state index in [-0.39, 0.29) is 12.5 Å². The molecule has 0 aromatic heterocycles. The minimum absolute atomic E-state index is 0.232. The number of hydrogen-bond acceptors (Lipinski definition) is 4. The first-order valence-corrected chi connectivity index (χ1v) is 4.35. The van der Waals surface area contributed by atoms with Gasteiger partial charge in [0.1, 0.15) is 0 Å². The predicted molar refractivity (Wildman–Crippen MR) is 53.6 cm³/mol. The van der Waals surface area contributed by atoms with Gasteiger partial charge in [0, 0.05) is 14.2 Å². The van der Waals surface area contributed by atoms with Gasteiger partial charge in [0.05, 0.1) is 12.6 Å². The minimum Gasteiger partial charge on any atom is -0.354 e. The predicted octanol–water partition coefficient (Wildman–Crippen LogP) is -0.375. The van der Waals surface area contributed by atoms with Gasteiger partial charge in [-0.1, -0.05) is 6.08 Å². The van der Waals surface area contributed by atoms with E-state index in [9.17, 15) is 4.79 Å². The van der Waals surface area contributed by atoms with E-state index < -0.39 is 12.3 Å². The van der Waals surface area contributed by atoms with Gasteiger partial charge < -0.3 is 20.5 Å². The summed E-state index contributed by atoms with van der Waals surface area (Å²) in [5.74, 6) is -0.232. The number of nitrogens with one attached hydrogen (secondary N) is 1. The standard InChI is InChI=1S/C9H18N2O3/c1-4-5-7(10)9(12)11-6-8(13-2)14-3/h4,7-8H,1,5-6,10H2,2-3H3,(H,11,12). The first kappa shape index (κ1) is 13.1. The van der Waals surface area contributed by atoms with Crippen LogP contribution in [0, 0.1) is 0 Å². The van der Waals surface area contributed by atoms with Crippen LogP contribution in [0.2, 0.25) is 0 Å². The average Bonchev–Trinajstić information content (AvgIpc) is 2.19. The van der Waals surface area contributed by atoms with E-state index in [0.29, 0.717) is 6.42 Å². The second kappa shape index (κ2) is 7.49. The summed E-state index contributed by atoms with van der Waals surface area (Å²) in [5, 5.41) is 2.61. The molecule has 0 heterocycles. The Balaban J connectivity index is 3.76. The van der Waals surface area contributed by atoms with Crippen molar-refractivity contribution in [2.45, 2.75) is 18.8 Å². The second-order valence-electron chi connectivity index (χ2n) is 2.78. The van der Waals surface area contributed by atoms with E-state index in [0.717, 1.165) is 0 Å². The van der Waals surface area contributed by atoms with Crippen LogP contribution in [0.3, 0.4) is 0 Å². The molecular weight excluding hydrogens is 184 g/mol. The molecule has 0 aliphatic rings. The SMILES string of the molecule is C=CCC(N)C(=O)NCC(OC)OC. The van der Waals surface area contributed by atoms with Crippen molar-refractivity contribution in [2.24, 2.45) is 5.73 Å². The number of ether oxygens (including phenoxy) is 2. The average molecular weight is 202 g/mol. The fourth-order valence-electron chi connectivity index (χ4n) is 0.865. The summed E-state index contributed by atoms with van der Waals surface area (Å²) in [6.07, 6.45) is 1.63. The molecule has 0 fully saturated rings. The van der Waals surface area contributed by atoms with Gasteiger partial charge in [0.2, 0.25) is 5.91 Å². The lowest BCUT2D eigenvalue weighted by molar-refractivity contribution is -0.128. The molecule has 0 rings (SSSR count). The van der Waals surface area contributed by atoms with Crippen molar-refractivity contribution < 1.29 is 14.3 Å². The molecule has 0 radical (unpaired) electrons. The summed E-state index contributed by atoms with van der Waals surface area (Å²) < 4.78 is 9.78. The summed E-state index contributed by atoms with van der Waals surface area (Å²) in [6, 6.07) is -0.554. The Bertz CT molecular complexity index is 181. The summed E-state index contributed by atoms with van der Waals surface area (Å²) in [4.78, 5) is 11.3. The van der Waals surface area contributed by atoms with Gasteiger partial charge in [0.25, 0.3) is 0 Å². The fourth-order valence-corrected chi connectivity index (χ4v) is 0.865. The first-order chi connectivity index (χ1) is 6.65. The van der Waals surface area contributed by atoms with Gasteiger partial charge >= 0.3 is 0 Å². The molecule has 3 N–H and O–H groups in total. The van der Waals surface area contributed by atoms with Gasteiger partial charge in [-0.25, -0.2) is 0 Å². The Morgan fingerprint density at radius 1 is 1.57 bits per heavy atom. The molecule has 0 saturated carbocycles. The van der Waals surface area contributed by atoms with Crippen molar-refractivity contribution in [2.75, 3.05) is 20.8 Å². The number of nitrogens with two attached hydrogens (primary N) is 1. The van der Waals surface area contributed by atoms with Crippen molar-refractivity contribution in [3.63, 3.8) is 0 Å². The van der Waals surface area contributed by atoms with Gasteiger partial charge in [-0.2, -0.15) is 0 Å². The van der Waals surface area contributed by atoms with Crippen LogP contribution in [0.5, 0.6) is 0 Å². The zero-order valence-electron chi connectivity index (χ0n) is 8.66. The lowest BCUT2D eigenvalue weighted by atomic mass is 10.2. The Kier molecular flexibility index (Phi) is 7.00. The van der Waals surface area contributed by atoms with Crippen LogP contribution in [0.4, 0.5) is 0 Å². The molecule has 5 nitrogen and oxygen atoms in total. The van der Waals surface area contributed by atoms with Crippen molar-refractivity contribution in [3.05, 3.63) is 12.7 Å². The van der Waals surface area contributed by atoms with Gasteiger partial charge in [-0.05, 0) is 6.42 Å². The number of rotatable bonds is 7. The van der Waals surface area contributed by atoms with Crippen LogP contribution in [0.25, 0.3) is 0 Å². The minimum atomic E-state index is -0.554. The van der Waals surface area contributed by atoms with Crippen LogP contribution in [-0.2, 0) is 14.3 Å². The molecule has 0 aliphatic carbocycles. The smallest absolute Gasteiger partial charge is 0.237 e. The molecule has 0 aliphatic heterocycles. The maximum absolute atomic E-state index is 11.3. The van der Waals surface area contributed by atoms with Crippen molar-refractivity contribution in [1.82, 2.24) is 5.32 Å². The maximum Gasteiger partial charge on any atom is 0.237 e. The Labute approximate surface area is 84.2 Å². The molecule has 82 valence electrons. The van der Waals surface area contributed by atoms with Gasteiger partial charge in [0.15, 0.2) is 6.29 Å². The third kappa shape index (κ3) is 4.96. The van der Waals surface area contributed by atoms with Gasteiger partial charge in [-0.15, -0.1) is 6.58 Å². The number of carbonyl (C=O) groups excluding carboxylic acids is 1. The van der Waals surface area contributed by atoms with E-state index >= 15 is 0 Å². The summed E-state index contributed by atoms with van der Waals surface area (Å²) in [7, 11) is 3.01. The zero-order valence-corrected chi connectivity index (χ0v) is 8.66. The van der Waals surface area contributed by atoms with E-state index in [1.54, 1.807) is 6.08 Å². The van der Waals surface area contributed by atoms with Crippen LogP contribution < -0.4 is 11.1 Å². The summed E-state index contributed by atoms with van der Waals surface area (Å²) in [5.41, 5.74) is 5.53. The highest BCUT2D eigenvalue weighted by Gasteiger charge is 2.13. The zero-order chi connectivity index (χ0) is 11.0. The monoisotopic (exact) mass is 202 g/mol. The molecule has 14 heavy (non-hydrogen) atoms. The highest BCUT2D eigenvalue weighted by atomic mass is 16.7. The molecule has 1 unspecified atom stereocenters.